The van der Waals surface area contributed by atoms with Gasteiger partial charge in [-0.3, -0.25) is 9.59 Å². The van der Waals surface area contributed by atoms with Crippen LogP contribution in [0.2, 0.25) is 0 Å². The first-order valence-corrected chi connectivity index (χ1v) is 21.5. The number of nitrogens with zero attached hydrogens (tertiary/aromatic N) is 9. The predicted molar refractivity (Wildman–Crippen MR) is 214 cm³/mol. The summed E-state index contributed by atoms with van der Waals surface area (Å²) in [5.41, 5.74) is 10.7. The second kappa shape index (κ2) is 13.2. The van der Waals surface area contributed by atoms with E-state index < -0.39 is 26.7 Å². The molecule has 57 heavy (non-hydrogen) atoms. The molecule has 2 bridgehead atoms. The Hall–Kier alpha value is -5.13. The molecule has 4 aliphatic rings. The van der Waals surface area contributed by atoms with Crippen LogP contribution in [0.15, 0.2) is 76.1 Å². The molecule has 2 aliphatic heterocycles. The number of hydrogen-bond acceptors (Lipinski definition) is 10. The van der Waals surface area contributed by atoms with E-state index in [0.717, 1.165) is 39.0 Å². The number of ether oxygens (including phenoxy) is 1. The van der Waals surface area contributed by atoms with Crippen molar-refractivity contribution in [3.8, 4) is 17.3 Å². The molecular weight excluding hydrogens is 812 g/mol. The van der Waals surface area contributed by atoms with Gasteiger partial charge in [0.1, 0.15) is 16.1 Å². The fourth-order valence-corrected chi connectivity index (χ4v) is 11.7. The van der Waals surface area contributed by atoms with Crippen LogP contribution in [-0.4, -0.2) is 102 Å². The highest BCUT2D eigenvalue weighted by Gasteiger charge is 2.64. The van der Waals surface area contributed by atoms with Crippen molar-refractivity contribution in [1.29, 1.82) is 0 Å². The summed E-state index contributed by atoms with van der Waals surface area (Å²) in [6.45, 7) is 2.64. The maximum Gasteiger partial charge on any atom is 0.295 e. The van der Waals surface area contributed by atoms with Crippen molar-refractivity contribution in [1.82, 2.24) is 44.1 Å². The normalized spacial score (nSPS) is 22.2. The van der Waals surface area contributed by atoms with Crippen molar-refractivity contribution in [2.24, 2.45) is 30.5 Å². The second-order valence-electron chi connectivity index (χ2n) is 16.0. The molecule has 2 N–H and O–H groups in total. The lowest BCUT2D eigenvalue weighted by Gasteiger charge is -2.39. The molecule has 15 nitrogen and oxygen atoms in total. The Labute approximate surface area is 336 Å². The van der Waals surface area contributed by atoms with E-state index in [2.05, 4.69) is 64.7 Å². The summed E-state index contributed by atoms with van der Waals surface area (Å²) in [5.74, 6) is 0.985. The number of benzene rings is 3. The highest BCUT2D eigenvalue weighted by molar-refractivity contribution is 9.10. The van der Waals surface area contributed by atoms with Crippen molar-refractivity contribution >= 4 is 59.5 Å². The molecule has 0 spiro atoms. The number of nitrogens with two attached hydrogens (primary N) is 1. The van der Waals surface area contributed by atoms with Gasteiger partial charge in [-0.15, -0.1) is 10.2 Å². The zero-order valence-electron chi connectivity index (χ0n) is 31.5. The predicted octanol–water partition coefficient (Wildman–Crippen LogP) is 4.50. The lowest BCUT2D eigenvalue weighted by molar-refractivity contribution is 0.0458. The number of piperidine rings is 1. The maximum atomic E-state index is 14.6. The van der Waals surface area contributed by atoms with E-state index in [1.54, 1.807) is 60.4 Å². The van der Waals surface area contributed by atoms with E-state index in [1.165, 1.54) is 17.6 Å². The summed E-state index contributed by atoms with van der Waals surface area (Å²) in [6, 6.07) is 19.8. The molecule has 3 atom stereocenters. The number of carbonyl (C=O) groups excluding carboxylic acids is 2. The molecule has 6 aromatic rings. The lowest BCUT2D eigenvalue weighted by Crippen LogP contribution is -2.57. The molecule has 3 aromatic carbocycles. The summed E-state index contributed by atoms with van der Waals surface area (Å²) in [6.07, 6.45) is 3.47. The van der Waals surface area contributed by atoms with Crippen LogP contribution in [0.1, 0.15) is 46.7 Å². The summed E-state index contributed by atoms with van der Waals surface area (Å²) < 4.78 is 39.6. The number of carbonyl (C=O) groups is 2. The van der Waals surface area contributed by atoms with E-state index >= 15 is 0 Å². The monoisotopic (exact) mass is 852 g/mol. The number of imidazole rings is 1. The third kappa shape index (κ3) is 5.71. The van der Waals surface area contributed by atoms with Crippen molar-refractivity contribution in [3.05, 3.63) is 82.6 Å². The third-order valence-electron chi connectivity index (χ3n) is 12.4. The maximum absolute atomic E-state index is 14.6. The SMILES string of the molecule is COc1cc(C(=O)N2CC3CCC2[C@]3(N)S(=O)(=O)c2ccc(Br)cc2)cc2nc(-c3cc4ccccc4n3CC3CC3)n(CC3CN(C(=O)c4nnn(C)n4)C3)c12. The Kier molecular flexibility index (Phi) is 8.39. The van der Waals surface area contributed by atoms with Crippen LogP contribution in [0.5, 0.6) is 5.75 Å². The number of methoxy groups -OCH3 is 1. The van der Waals surface area contributed by atoms with Crippen LogP contribution >= 0.6 is 15.9 Å². The molecule has 17 heteroatoms. The van der Waals surface area contributed by atoms with Crippen LogP contribution in [0.25, 0.3) is 33.5 Å². The van der Waals surface area contributed by atoms with E-state index in [9.17, 15) is 18.0 Å². The summed E-state index contributed by atoms with van der Waals surface area (Å²) in [7, 11) is -0.784. The Morgan fingerprint density at radius 1 is 0.930 bits per heavy atom. The molecule has 2 unspecified atom stereocenters. The molecule has 5 heterocycles. The smallest absolute Gasteiger partial charge is 0.295 e. The van der Waals surface area contributed by atoms with Crippen molar-refractivity contribution in [3.63, 3.8) is 0 Å². The minimum Gasteiger partial charge on any atom is -0.494 e. The van der Waals surface area contributed by atoms with Gasteiger partial charge in [0.05, 0.1) is 36.3 Å². The van der Waals surface area contributed by atoms with Gasteiger partial charge in [0, 0.05) is 65.5 Å². The van der Waals surface area contributed by atoms with E-state index in [-0.39, 0.29) is 35.0 Å². The number of sulfone groups is 1. The zero-order valence-corrected chi connectivity index (χ0v) is 33.9. The van der Waals surface area contributed by atoms with E-state index in [1.807, 2.05) is 6.07 Å². The van der Waals surface area contributed by atoms with Crippen molar-refractivity contribution < 1.29 is 22.7 Å². The first kappa shape index (κ1) is 36.2. The van der Waals surface area contributed by atoms with Gasteiger partial charge in [0.25, 0.3) is 17.6 Å². The third-order valence-corrected chi connectivity index (χ3v) is 15.4. The topological polar surface area (TPSA) is 176 Å². The van der Waals surface area contributed by atoms with E-state index in [0.29, 0.717) is 55.2 Å². The molecule has 0 radical (unpaired) electrons. The first-order valence-electron chi connectivity index (χ1n) is 19.2. The molecule has 2 saturated heterocycles. The Morgan fingerprint density at radius 2 is 1.68 bits per heavy atom. The zero-order chi connectivity index (χ0) is 39.4. The number of rotatable bonds is 10. The number of hydrogen-bond donors (Lipinski definition) is 1. The van der Waals surface area contributed by atoms with Crippen LogP contribution in [0.3, 0.4) is 0 Å². The van der Waals surface area contributed by atoms with Crippen LogP contribution in [0, 0.1) is 17.8 Å². The molecule has 3 aromatic heterocycles. The number of aryl methyl sites for hydroxylation is 1. The second-order valence-corrected chi connectivity index (χ2v) is 19.1. The van der Waals surface area contributed by atoms with Crippen molar-refractivity contribution in [2.45, 2.75) is 54.6 Å². The summed E-state index contributed by atoms with van der Waals surface area (Å²) in [4.78, 5) is 36.1. The summed E-state index contributed by atoms with van der Waals surface area (Å²) in [5, 5.41) is 12.9. The Bertz CT molecular complexity index is 2720. The first-order chi connectivity index (χ1) is 27.4. The molecular formula is C40H41BrN10O5S. The number of fused-ring (bicyclic) bond motifs is 4. The molecule has 4 fully saturated rings. The summed E-state index contributed by atoms with van der Waals surface area (Å²) >= 11 is 3.39. The average Bonchev–Trinajstić information content (AvgIpc) is 3.44. The number of tetrazole rings is 1. The van der Waals surface area contributed by atoms with Crippen LogP contribution < -0.4 is 10.5 Å². The van der Waals surface area contributed by atoms with Gasteiger partial charge < -0.3 is 29.4 Å². The molecule has 10 rings (SSSR count). The van der Waals surface area contributed by atoms with Gasteiger partial charge in [-0.25, -0.2) is 13.4 Å². The average molecular weight is 854 g/mol. The van der Waals surface area contributed by atoms with E-state index in [4.69, 9.17) is 15.5 Å². The molecule has 2 saturated carbocycles. The lowest BCUT2D eigenvalue weighted by atomic mass is 9.99. The standard InChI is InChI=1S/C40H41BrN10O5S/c1-47-45-36(44-46-47)39(53)48-18-24(19-48)21-51-35-30(43-37(51)32-16-25-5-3-4-6-31(25)49(32)20-23-7-8-23)15-26(17-33(35)56-2)38(52)50-22-27-9-14-34(50)40(27,42)57(54,55)29-12-10-28(41)11-13-29/h3-6,10-13,15-17,23-24,27,34H,7-9,14,18-22,42H2,1-2H3/t27?,34?,40-/m1/s1. The minimum absolute atomic E-state index is 0.0668. The van der Waals surface area contributed by atoms with Gasteiger partial charge in [0.15, 0.2) is 15.7 Å². The fourth-order valence-electron chi connectivity index (χ4n) is 9.34. The van der Waals surface area contributed by atoms with Gasteiger partial charge >= 0.3 is 0 Å². The fraction of sp³-hybridized carbons (Fsp3) is 0.400. The number of aromatic nitrogens is 7. The van der Waals surface area contributed by atoms with Gasteiger partial charge in [-0.2, -0.15) is 4.80 Å². The highest BCUT2D eigenvalue weighted by atomic mass is 79.9. The van der Waals surface area contributed by atoms with Crippen molar-refractivity contribution in [2.75, 3.05) is 26.7 Å². The molecule has 2 amide bonds. The highest BCUT2D eigenvalue weighted by Crippen LogP contribution is 2.50. The van der Waals surface area contributed by atoms with Gasteiger partial charge in [-0.05, 0) is 85.3 Å². The van der Waals surface area contributed by atoms with Crippen LogP contribution in [0.4, 0.5) is 0 Å². The number of likely N-dealkylation sites (tertiary alicyclic amines) is 2. The molecule has 2 aliphatic carbocycles. The van der Waals surface area contributed by atoms with Crippen LogP contribution in [-0.2, 0) is 30.0 Å². The molecule has 294 valence electrons. The Morgan fingerprint density at radius 3 is 2.40 bits per heavy atom. The number of para-hydroxylation sites is 1. The van der Waals surface area contributed by atoms with Gasteiger partial charge in [-0.1, -0.05) is 34.1 Å². The quantitative estimate of drug-likeness (QED) is 0.207. The number of halogens is 1. The number of amides is 2. The minimum atomic E-state index is -3.99. The van der Waals surface area contributed by atoms with Gasteiger partial charge in [0.2, 0.25) is 0 Å². The largest absolute Gasteiger partial charge is 0.494 e. The Balaban J connectivity index is 1.03.